The van der Waals surface area contributed by atoms with Crippen LogP contribution in [0.3, 0.4) is 0 Å². The van der Waals surface area contributed by atoms with Gasteiger partial charge < -0.3 is 30.1 Å². The van der Waals surface area contributed by atoms with Crippen molar-refractivity contribution < 1.29 is 33.8 Å². The number of carbonyl (C=O) groups is 4. The van der Waals surface area contributed by atoms with Crippen molar-refractivity contribution in [3.63, 3.8) is 0 Å². The van der Waals surface area contributed by atoms with Gasteiger partial charge >= 0.3 is 5.97 Å². The molecule has 11 nitrogen and oxygen atoms in total. The minimum Gasteiger partial charge on any atom is -0.489 e. The summed E-state index contributed by atoms with van der Waals surface area (Å²) >= 11 is 12.2. The smallest absolute Gasteiger partial charge is 0.326 e. The second-order valence-electron chi connectivity index (χ2n) is 15.7. The van der Waals surface area contributed by atoms with Crippen molar-refractivity contribution in [1.29, 1.82) is 5.26 Å². The third kappa shape index (κ3) is 9.36. The van der Waals surface area contributed by atoms with Gasteiger partial charge in [-0.15, -0.1) is 0 Å². The Hall–Kier alpha value is -6.35. The van der Waals surface area contributed by atoms with Gasteiger partial charge in [-0.1, -0.05) is 97.1 Å². The Labute approximate surface area is 363 Å². The summed E-state index contributed by atoms with van der Waals surface area (Å²) in [5.74, 6) is -1.45. The fourth-order valence-electron chi connectivity index (χ4n) is 8.27. The van der Waals surface area contributed by atoms with E-state index in [2.05, 4.69) is 16.7 Å². The molecule has 0 saturated heterocycles. The first-order valence-corrected chi connectivity index (χ1v) is 21.0. The van der Waals surface area contributed by atoms with Gasteiger partial charge in [0.1, 0.15) is 30.2 Å². The van der Waals surface area contributed by atoms with Crippen LogP contribution in [0.1, 0.15) is 71.6 Å². The molecule has 0 spiro atoms. The maximum absolute atomic E-state index is 14.2. The first kappa shape index (κ1) is 41.4. The molecule has 0 radical (unpaired) electrons. The maximum Gasteiger partial charge on any atom is 0.326 e. The topological polar surface area (TPSA) is 158 Å². The second-order valence-corrected chi connectivity index (χ2v) is 16.5. The second kappa shape index (κ2) is 18.1. The van der Waals surface area contributed by atoms with Crippen LogP contribution in [0.5, 0.6) is 11.5 Å². The van der Waals surface area contributed by atoms with E-state index in [9.17, 15) is 24.3 Å². The van der Waals surface area contributed by atoms with Crippen molar-refractivity contribution in [2.75, 3.05) is 5.32 Å². The quantitative estimate of drug-likeness (QED) is 0.119. The Morgan fingerprint density at radius 3 is 2.23 bits per heavy atom. The summed E-state index contributed by atoms with van der Waals surface area (Å²) in [5, 5.41) is 26.0. The molecule has 13 heteroatoms. The number of hydrogen-bond donors (Lipinski definition) is 3. The van der Waals surface area contributed by atoms with Crippen LogP contribution in [0.15, 0.2) is 103 Å². The summed E-state index contributed by atoms with van der Waals surface area (Å²) in [7, 11) is 0. The number of benzene rings is 5. The van der Waals surface area contributed by atoms with Crippen LogP contribution in [-0.4, -0.2) is 45.8 Å². The third-order valence-corrected chi connectivity index (χ3v) is 12.4. The van der Waals surface area contributed by atoms with Crippen LogP contribution < -0.4 is 20.1 Å². The first-order chi connectivity index (χ1) is 29.5. The highest BCUT2D eigenvalue weighted by molar-refractivity contribution is 6.42. The molecule has 2 heterocycles. The highest BCUT2D eigenvalue weighted by Gasteiger charge is 2.40. The van der Waals surface area contributed by atoms with Gasteiger partial charge in [0.25, 0.3) is 5.91 Å². The van der Waals surface area contributed by atoms with E-state index in [-0.39, 0.29) is 43.7 Å². The summed E-state index contributed by atoms with van der Waals surface area (Å²) in [6.07, 6.45) is 3.57. The zero-order valence-corrected chi connectivity index (χ0v) is 34.5. The Bertz CT molecular complexity index is 2520. The van der Waals surface area contributed by atoms with E-state index < -0.39 is 30.1 Å². The predicted octanol–water partition coefficient (Wildman–Crippen LogP) is 8.83. The van der Waals surface area contributed by atoms with Gasteiger partial charge in [0.05, 0.1) is 27.4 Å². The number of rotatable bonds is 11. The normalized spacial score (nSPS) is 17.7. The van der Waals surface area contributed by atoms with E-state index >= 15 is 0 Å². The number of nitrogens with one attached hydrogen (secondary N) is 2. The number of hydrogen-bond acceptors (Lipinski definition) is 7. The van der Waals surface area contributed by atoms with Gasteiger partial charge in [0, 0.05) is 30.9 Å². The third-order valence-electron chi connectivity index (χ3n) is 11.6. The van der Waals surface area contributed by atoms with E-state index in [1.807, 2.05) is 48.5 Å². The molecule has 1 saturated carbocycles. The Kier molecular flexibility index (Phi) is 12.3. The molecule has 61 heavy (non-hydrogen) atoms. The molecule has 3 amide bonds. The van der Waals surface area contributed by atoms with Gasteiger partial charge in [-0.05, 0) is 94.8 Å². The predicted molar refractivity (Wildman–Crippen MR) is 230 cm³/mol. The average molecular weight is 858 g/mol. The van der Waals surface area contributed by atoms with Crippen molar-refractivity contribution in [3.8, 4) is 28.7 Å². The van der Waals surface area contributed by atoms with Crippen LogP contribution in [0.25, 0.3) is 11.1 Å². The van der Waals surface area contributed by atoms with E-state index in [4.69, 9.17) is 37.9 Å². The largest absolute Gasteiger partial charge is 0.489 e. The van der Waals surface area contributed by atoms with E-state index in [0.29, 0.717) is 43.9 Å². The minimum absolute atomic E-state index is 0.0289. The van der Waals surface area contributed by atoms with Gasteiger partial charge in [-0.3, -0.25) is 14.4 Å². The Morgan fingerprint density at radius 1 is 0.869 bits per heavy atom. The summed E-state index contributed by atoms with van der Waals surface area (Å²) in [6.45, 7) is 0.396. The number of anilines is 1. The monoisotopic (exact) mass is 856 g/mol. The molecule has 8 rings (SSSR count). The summed E-state index contributed by atoms with van der Waals surface area (Å²) in [6, 6.07) is 30.4. The lowest BCUT2D eigenvalue weighted by Gasteiger charge is -2.39. The van der Waals surface area contributed by atoms with E-state index in [0.717, 1.165) is 59.9 Å². The molecular weight excluding hydrogens is 815 g/mol. The number of nitriles is 1. The number of carboxylic acid groups (broad SMARTS) is 1. The molecule has 1 unspecified atom stereocenters. The standard InChI is InChI=1S/C48H42Cl2N4O7/c49-38-19-10-30(20-39(38)50)27-60-37-17-15-33(16-18-37)44-46(56)52-40-22-35-23-42(54(26-36(35)24-43(40)61-44)47(57)34-4-2-1-3-5-34)45(55)53-41(48(58)59)21-28-6-11-31(12-7-28)32-13-8-29(25-51)9-14-32/h6-20,22,24,34,41-42,44H,1-5,21,23,26-27H2,(H,52,56)(H,53,55)(H,58,59)/t41?,42-,44-/m0/s1. The molecule has 3 atom stereocenters. The lowest BCUT2D eigenvalue weighted by molar-refractivity contribution is -0.147. The van der Waals surface area contributed by atoms with E-state index in [1.165, 1.54) is 0 Å². The molecule has 3 aliphatic rings. The Balaban J connectivity index is 0.981. The maximum atomic E-state index is 14.2. The number of nitrogens with zero attached hydrogens (tertiary/aromatic N) is 2. The molecule has 310 valence electrons. The molecular formula is C48H42Cl2N4O7. The lowest BCUT2D eigenvalue weighted by atomic mass is 9.85. The van der Waals surface area contributed by atoms with Crippen molar-refractivity contribution in [2.24, 2.45) is 5.92 Å². The molecule has 2 aliphatic heterocycles. The number of halogens is 2. The highest BCUT2D eigenvalue weighted by Crippen LogP contribution is 2.40. The molecule has 3 N–H and O–H groups in total. The highest BCUT2D eigenvalue weighted by atomic mass is 35.5. The lowest BCUT2D eigenvalue weighted by Crippen LogP contribution is -2.57. The minimum atomic E-state index is -1.25. The zero-order chi connectivity index (χ0) is 42.6. The van der Waals surface area contributed by atoms with Crippen molar-refractivity contribution in [1.82, 2.24) is 10.2 Å². The molecule has 0 bridgehead atoms. The fraction of sp³-hybridized carbons (Fsp3) is 0.271. The van der Waals surface area contributed by atoms with Gasteiger partial charge in [-0.2, -0.15) is 5.26 Å². The van der Waals surface area contributed by atoms with Gasteiger partial charge in [0.2, 0.25) is 17.9 Å². The SMILES string of the molecule is N#Cc1ccc(-c2ccc(CC(NC(=O)[C@@H]3Cc4cc5c(cc4CN3C(=O)C3CCCCC3)O[C@@H](c3ccc(OCc4ccc(Cl)c(Cl)c4)cc3)C(=O)N5)C(=O)O)cc2)cc1. The van der Waals surface area contributed by atoms with Gasteiger partial charge in [-0.25, -0.2) is 4.79 Å². The number of carboxylic acids is 1. The molecule has 0 aromatic heterocycles. The summed E-state index contributed by atoms with van der Waals surface area (Å²) < 4.78 is 12.2. The van der Waals surface area contributed by atoms with Crippen LogP contribution in [-0.2, 0) is 45.2 Å². The molecule has 5 aromatic rings. The molecule has 1 aliphatic carbocycles. The van der Waals surface area contributed by atoms with Crippen LogP contribution in [0.2, 0.25) is 10.0 Å². The van der Waals surface area contributed by atoms with Crippen LogP contribution >= 0.6 is 23.2 Å². The summed E-state index contributed by atoms with van der Waals surface area (Å²) in [5.41, 5.74) is 6.52. The molecule has 5 aromatic carbocycles. The van der Waals surface area contributed by atoms with Crippen LogP contribution in [0.4, 0.5) is 5.69 Å². The van der Waals surface area contributed by atoms with Crippen LogP contribution in [0, 0.1) is 17.2 Å². The fourth-order valence-corrected chi connectivity index (χ4v) is 8.59. The average Bonchev–Trinajstić information content (AvgIpc) is 3.28. The number of aliphatic carboxylic acids is 1. The van der Waals surface area contributed by atoms with Gasteiger partial charge in [0.15, 0.2) is 0 Å². The summed E-state index contributed by atoms with van der Waals surface area (Å²) in [4.78, 5) is 56.1. The number of amides is 3. The van der Waals surface area contributed by atoms with E-state index in [1.54, 1.807) is 59.5 Å². The van der Waals surface area contributed by atoms with Crippen molar-refractivity contribution in [2.45, 2.75) is 76.3 Å². The zero-order valence-electron chi connectivity index (χ0n) is 33.0. The van der Waals surface area contributed by atoms with Crippen molar-refractivity contribution in [3.05, 3.63) is 147 Å². The Morgan fingerprint density at radius 2 is 1.56 bits per heavy atom. The number of ether oxygens (including phenoxy) is 2. The first-order valence-electron chi connectivity index (χ1n) is 20.3. The van der Waals surface area contributed by atoms with Crippen molar-refractivity contribution >= 4 is 52.6 Å². The number of carbonyl (C=O) groups excluding carboxylic acids is 3. The number of fused-ring (bicyclic) bond motifs is 2. The molecule has 1 fully saturated rings.